The van der Waals surface area contributed by atoms with Crippen molar-refractivity contribution in [2.24, 2.45) is 5.41 Å². The molecule has 2 rings (SSSR count). The van der Waals surface area contributed by atoms with Gasteiger partial charge in [-0.2, -0.15) is 0 Å². The normalized spacial score (nSPS) is 21.2. The van der Waals surface area contributed by atoms with Crippen LogP contribution in [0.3, 0.4) is 0 Å². The average molecular weight is 209 g/mol. The van der Waals surface area contributed by atoms with Crippen molar-refractivity contribution in [3.63, 3.8) is 0 Å². The van der Waals surface area contributed by atoms with Gasteiger partial charge < -0.3 is 4.90 Å². The van der Waals surface area contributed by atoms with Crippen LogP contribution >= 0.6 is 11.3 Å². The number of thiophene rings is 1. The summed E-state index contributed by atoms with van der Waals surface area (Å²) in [5.74, 6) is 0. The zero-order valence-electron chi connectivity index (χ0n) is 9.34. The van der Waals surface area contributed by atoms with Gasteiger partial charge in [0.1, 0.15) is 0 Å². The number of anilines is 1. The SMILES string of the molecule is Cc1ccc(N2CCCC(C)(C)C2)s1. The first-order valence-corrected chi connectivity index (χ1v) is 6.20. The van der Waals surface area contributed by atoms with E-state index in [4.69, 9.17) is 0 Å². The fourth-order valence-corrected chi connectivity index (χ4v) is 3.09. The van der Waals surface area contributed by atoms with Crippen LogP contribution in [0.1, 0.15) is 31.6 Å². The molecule has 1 nitrogen and oxygen atoms in total. The maximum atomic E-state index is 2.54. The van der Waals surface area contributed by atoms with E-state index in [1.54, 1.807) is 0 Å². The third kappa shape index (κ3) is 2.11. The van der Waals surface area contributed by atoms with Gasteiger partial charge in [-0.25, -0.2) is 0 Å². The highest BCUT2D eigenvalue weighted by Gasteiger charge is 2.26. The maximum absolute atomic E-state index is 2.54. The van der Waals surface area contributed by atoms with Gasteiger partial charge in [-0.05, 0) is 37.3 Å². The summed E-state index contributed by atoms with van der Waals surface area (Å²) in [5.41, 5.74) is 0.496. The highest BCUT2D eigenvalue weighted by molar-refractivity contribution is 7.16. The number of hydrogen-bond donors (Lipinski definition) is 0. The summed E-state index contributed by atoms with van der Waals surface area (Å²) >= 11 is 1.92. The van der Waals surface area contributed by atoms with E-state index in [0.717, 1.165) is 0 Å². The lowest BCUT2D eigenvalue weighted by Crippen LogP contribution is -2.39. The molecule has 1 saturated heterocycles. The average Bonchev–Trinajstić information content (AvgIpc) is 2.50. The molecule has 1 aliphatic heterocycles. The van der Waals surface area contributed by atoms with Crippen LogP contribution in [-0.2, 0) is 0 Å². The topological polar surface area (TPSA) is 3.24 Å². The van der Waals surface area contributed by atoms with Gasteiger partial charge in [0.05, 0.1) is 5.00 Å². The van der Waals surface area contributed by atoms with Gasteiger partial charge in [0, 0.05) is 18.0 Å². The van der Waals surface area contributed by atoms with E-state index in [1.165, 1.54) is 35.8 Å². The van der Waals surface area contributed by atoms with Gasteiger partial charge in [-0.15, -0.1) is 11.3 Å². The molecule has 0 aliphatic carbocycles. The number of hydrogen-bond acceptors (Lipinski definition) is 2. The van der Waals surface area contributed by atoms with Crippen molar-refractivity contribution >= 4 is 16.3 Å². The van der Waals surface area contributed by atoms with Crippen LogP contribution in [0.2, 0.25) is 0 Å². The molecule has 0 amide bonds. The molecule has 14 heavy (non-hydrogen) atoms. The fraction of sp³-hybridized carbons (Fsp3) is 0.667. The molecule has 78 valence electrons. The summed E-state index contributed by atoms with van der Waals surface area (Å²) in [6, 6.07) is 4.49. The molecule has 2 heterocycles. The molecule has 1 aromatic heterocycles. The Bertz CT molecular complexity index is 314. The summed E-state index contributed by atoms with van der Waals surface area (Å²) in [4.78, 5) is 3.96. The van der Waals surface area contributed by atoms with Crippen molar-refractivity contribution in [2.75, 3.05) is 18.0 Å². The van der Waals surface area contributed by atoms with Crippen molar-refractivity contribution in [3.8, 4) is 0 Å². The maximum Gasteiger partial charge on any atom is 0.0911 e. The Balaban J connectivity index is 2.12. The van der Waals surface area contributed by atoms with Gasteiger partial charge in [-0.3, -0.25) is 0 Å². The fourth-order valence-electron chi connectivity index (χ4n) is 2.20. The Kier molecular flexibility index (Phi) is 2.56. The molecule has 0 radical (unpaired) electrons. The third-order valence-electron chi connectivity index (χ3n) is 2.94. The minimum atomic E-state index is 0.496. The van der Waals surface area contributed by atoms with Crippen LogP contribution in [0.15, 0.2) is 12.1 Å². The smallest absolute Gasteiger partial charge is 0.0911 e. The van der Waals surface area contributed by atoms with E-state index in [9.17, 15) is 0 Å². The molecule has 0 spiro atoms. The lowest BCUT2D eigenvalue weighted by Gasteiger charge is -2.38. The standard InChI is InChI=1S/C12H19NS/c1-10-5-6-11(14-10)13-8-4-7-12(2,3)9-13/h5-6H,4,7-9H2,1-3H3. The molecule has 0 bridgehead atoms. The minimum Gasteiger partial charge on any atom is -0.363 e. The van der Waals surface area contributed by atoms with Gasteiger partial charge >= 0.3 is 0 Å². The monoisotopic (exact) mass is 209 g/mol. The molecule has 0 saturated carbocycles. The summed E-state index contributed by atoms with van der Waals surface area (Å²) in [5, 5.41) is 1.45. The van der Waals surface area contributed by atoms with Crippen molar-refractivity contribution in [1.82, 2.24) is 0 Å². The lowest BCUT2D eigenvalue weighted by atomic mass is 9.84. The Labute approximate surface area is 90.7 Å². The molecule has 2 heteroatoms. The van der Waals surface area contributed by atoms with Gasteiger partial charge in [0.15, 0.2) is 0 Å². The van der Waals surface area contributed by atoms with Gasteiger partial charge in [0.25, 0.3) is 0 Å². The van der Waals surface area contributed by atoms with Crippen LogP contribution < -0.4 is 4.90 Å². The Hall–Kier alpha value is -0.500. The van der Waals surface area contributed by atoms with Crippen molar-refractivity contribution < 1.29 is 0 Å². The molecule has 1 fully saturated rings. The van der Waals surface area contributed by atoms with E-state index in [2.05, 4.69) is 37.8 Å². The van der Waals surface area contributed by atoms with Gasteiger partial charge in [-0.1, -0.05) is 13.8 Å². The lowest BCUT2D eigenvalue weighted by molar-refractivity contribution is 0.294. The van der Waals surface area contributed by atoms with E-state index >= 15 is 0 Å². The van der Waals surface area contributed by atoms with Crippen LogP contribution in [0.25, 0.3) is 0 Å². The van der Waals surface area contributed by atoms with Crippen LogP contribution in [0.5, 0.6) is 0 Å². The van der Waals surface area contributed by atoms with E-state index in [1.807, 2.05) is 11.3 Å². The molecule has 1 aromatic rings. The molecule has 0 N–H and O–H groups in total. The second kappa shape index (κ2) is 3.58. The van der Waals surface area contributed by atoms with E-state index in [0.29, 0.717) is 5.41 Å². The highest BCUT2D eigenvalue weighted by atomic mass is 32.1. The Morgan fingerprint density at radius 1 is 1.36 bits per heavy atom. The second-order valence-corrected chi connectivity index (χ2v) is 6.34. The summed E-state index contributed by atoms with van der Waals surface area (Å²) in [6.45, 7) is 9.39. The summed E-state index contributed by atoms with van der Waals surface area (Å²) < 4.78 is 0. The predicted molar refractivity (Wildman–Crippen MR) is 64.3 cm³/mol. The van der Waals surface area contributed by atoms with Crippen LogP contribution in [0, 0.1) is 12.3 Å². The zero-order valence-corrected chi connectivity index (χ0v) is 10.2. The van der Waals surface area contributed by atoms with Crippen LogP contribution in [-0.4, -0.2) is 13.1 Å². The summed E-state index contributed by atoms with van der Waals surface area (Å²) in [6.07, 6.45) is 2.71. The highest BCUT2D eigenvalue weighted by Crippen LogP contribution is 2.34. The van der Waals surface area contributed by atoms with E-state index in [-0.39, 0.29) is 0 Å². The third-order valence-corrected chi connectivity index (χ3v) is 4.00. The van der Waals surface area contributed by atoms with Gasteiger partial charge in [0.2, 0.25) is 0 Å². The molecular formula is C12H19NS. The molecule has 0 unspecified atom stereocenters. The first-order chi connectivity index (χ1) is 6.57. The van der Waals surface area contributed by atoms with E-state index < -0.39 is 0 Å². The zero-order chi connectivity index (χ0) is 10.2. The quantitative estimate of drug-likeness (QED) is 0.682. The van der Waals surface area contributed by atoms with Crippen molar-refractivity contribution in [1.29, 1.82) is 0 Å². The Morgan fingerprint density at radius 2 is 2.14 bits per heavy atom. The van der Waals surface area contributed by atoms with Crippen molar-refractivity contribution in [2.45, 2.75) is 33.6 Å². The summed E-state index contributed by atoms with van der Waals surface area (Å²) in [7, 11) is 0. The number of piperidine rings is 1. The van der Waals surface area contributed by atoms with Crippen LogP contribution in [0.4, 0.5) is 5.00 Å². The predicted octanol–water partition coefficient (Wildman–Crippen LogP) is 3.68. The molecule has 0 aromatic carbocycles. The largest absolute Gasteiger partial charge is 0.363 e. The number of aryl methyl sites for hydroxylation is 1. The number of nitrogens with zero attached hydrogens (tertiary/aromatic N) is 1. The number of rotatable bonds is 1. The Morgan fingerprint density at radius 3 is 2.71 bits per heavy atom. The van der Waals surface area contributed by atoms with Crippen molar-refractivity contribution in [3.05, 3.63) is 17.0 Å². The second-order valence-electron chi connectivity index (χ2n) is 5.07. The molecule has 0 atom stereocenters. The molecular weight excluding hydrogens is 190 g/mol. The first-order valence-electron chi connectivity index (χ1n) is 5.38. The first kappa shape index (κ1) is 10.0. The molecule has 1 aliphatic rings. The minimum absolute atomic E-state index is 0.496.